The van der Waals surface area contributed by atoms with Gasteiger partial charge in [0.2, 0.25) is 0 Å². The van der Waals surface area contributed by atoms with Crippen LogP contribution in [0.25, 0.3) is 10.9 Å². The standard InChI is InChI=1S/C25H28IN5O3/c1-28(2)8-4-9-31-21-7-6-18(16-26)15-19(21)23(20(17-27)24(31)32)29-10-12-30(13-11-29)25(33)22-5-3-14-34-22/h3,5-7,14-15H,4,8-13,16H2,1-2H3. The summed E-state index contributed by atoms with van der Waals surface area (Å²) in [4.78, 5) is 32.0. The average Bonchev–Trinajstić information content (AvgIpc) is 3.39. The smallest absolute Gasteiger partial charge is 0.289 e. The number of carbonyl (C=O) groups excluding carboxylic acids is 1. The number of fused-ring (bicyclic) bond motifs is 1. The van der Waals surface area contributed by atoms with Crippen molar-refractivity contribution in [1.82, 2.24) is 14.4 Å². The topological polar surface area (TPSA) is 85.7 Å². The number of pyridine rings is 1. The molecule has 34 heavy (non-hydrogen) atoms. The van der Waals surface area contributed by atoms with Crippen molar-refractivity contribution in [3.63, 3.8) is 0 Å². The minimum atomic E-state index is -0.250. The predicted octanol–water partition coefficient (Wildman–Crippen LogP) is 3.32. The molecule has 9 heteroatoms. The van der Waals surface area contributed by atoms with E-state index in [0.29, 0.717) is 44.2 Å². The highest BCUT2D eigenvalue weighted by molar-refractivity contribution is 14.1. The monoisotopic (exact) mass is 573 g/mol. The molecule has 1 aliphatic heterocycles. The third-order valence-electron chi connectivity index (χ3n) is 6.17. The van der Waals surface area contributed by atoms with Crippen LogP contribution in [0.15, 0.2) is 45.8 Å². The zero-order valence-corrected chi connectivity index (χ0v) is 21.6. The number of amides is 1. The van der Waals surface area contributed by atoms with Gasteiger partial charge in [-0.1, -0.05) is 28.7 Å². The summed E-state index contributed by atoms with van der Waals surface area (Å²) in [6.07, 6.45) is 2.31. The molecule has 0 radical (unpaired) electrons. The molecule has 0 bridgehead atoms. The van der Waals surface area contributed by atoms with Gasteiger partial charge in [0.05, 0.1) is 17.5 Å². The minimum absolute atomic E-state index is 0.140. The van der Waals surface area contributed by atoms with E-state index in [1.807, 2.05) is 26.2 Å². The van der Waals surface area contributed by atoms with Gasteiger partial charge in [0.1, 0.15) is 11.6 Å². The Bertz CT molecular complexity index is 1270. The van der Waals surface area contributed by atoms with Crippen molar-refractivity contribution in [2.75, 3.05) is 51.7 Å². The molecule has 3 aromatic rings. The molecule has 0 atom stereocenters. The van der Waals surface area contributed by atoms with Crippen molar-refractivity contribution in [2.45, 2.75) is 17.4 Å². The van der Waals surface area contributed by atoms with Crippen LogP contribution in [-0.2, 0) is 11.0 Å². The molecule has 2 aromatic heterocycles. The molecule has 0 spiro atoms. The molecule has 1 fully saturated rings. The Kier molecular flexibility index (Phi) is 7.58. The van der Waals surface area contributed by atoms with Gasteiger partial charge < -0.3 is 23.7 Å². The fourth-order valence-corrected chi connectivity index (χ4v) is 4.93. The number of nitrogens with zero attached hydrogens (tertiary/aromatic N) is 5. The van der Waals surface area contributed by atoms with Crippen molar-refractivity contribution in [3.05, 3.63) is 63.8 Å². The van der Waals surface area contributed by atoms with Crippen LogP contribution >= 0.6 is 22.6 Å². The first-order chi connectivity index (χ1) is 16.4. The van der Waals surface area contributed by atoms with E-state index < -0.39 is 0 Å². The molecule has 1 aromatic carbocycles. The lowest BCUT2D eigenvalue weighted by Gasteiger charge is -2.36. The first-order valence-corrected chi connectivity index (χ1v) is 12.8. The number of carbonyl (C=O) groups is 1. The second-order valence-corrected chi connectivity index (χ2v) is 9.45. The van der Waals surface area contributed by atoms with Crippen LogP contribution in [-0.4, -0.2) is 67.1 Å². The van der Waals surface area contributed by atoms with Crippen molar-refractivity contribution >= 4 is 45.1 Å². The van der Waals surface area contributed by atoms with Crippen LogP contribution in [0.4, 0.5) is 5.69 Å². The minimum Gasteiger partial charge on any atom is -0.459 e. The van der Waals surface area contributed by atoms with E-state index in [1.165, 1.54) is 6.26 Å². The van der Waals surface area contributed by atoms with Crippen molar-refractivity contribution < 1.29 is 9.21 Å². The molecule has 1 saturated heterocycles. The number of aromatic nitrogens is 1. The van der Waals surface area contributed by atoms with Gasteiger partial charge in [0.25, 0.3) is 11.5 Å². The molecule has 0 aliphatic carbocycles. The van der Waals surface area contributed by atoms with Crippen LogP contribution in [0.1, 0.15) is 28.1 Å². The van der Waals surface area contributed by atoms with Crippen LogP contribution in [0.3, 0.4) is 0 Å². The summed E-state index contributed by atoms with van der Waals surface area (Å²) in [5, 5.41) is 11.0. The van der Waals surface area contributed by atoms with E-state index in [9.17, 15) is 14.9 Å². The molecule has 8 nitrogen and oxygen atoms in total. The lowest BCUT2D eigenvalue weighted by molar-refractivity contribution is 0.0715. The Labute approximate surface area is 212 Å². The van der Waals surface area contributed by atoms with Gasteiger partial charge in [0, 0.05) is 42.5 Å². The summed E-state index contributed by atoms with van der Waals surface area (Å²) in [6.45, 7) is 3.46. The van der Waals surface area contributed by atoms with E-state index in [2.05, 4.69) is 44.5 Å². The first kappa shape index (κ1) is 24.3. The second-order valence-electron chi connectivity index (χ2n) is 8.69. The number of alkyl halides is 1. The highest BCUT2D eigenvalue weighted by Crippen LogP contribution is 2.31. The zero-order valence-electron chi connectivity index (χ0n) is 19.5. The van der Waals surface area contributed by atoms with E-state index in [4.69, 9.17) is 4.42 Å². The number of piperazine rings is 1. The molecule has 178 valence electrons. The van der Waals surface area contributed by atoms with E-state index in [0.717, 1.165) is 33.9 Å². The number of hydrogen-bond acceptors (Lipinski definition) is 6. The van der Waals surface area contributed by atoms with Crippen LogP contribution < -0.4 is 10.5 Å². The number of nitriles is 1. The first-order valence-electron chi connectivity index (χ1n) is 11.3. The van der Waals surface area contributed by atoms with E-state index in [1.54, 1.807) is 21.6 Å². The van der Waals surface area contributed by atoms with Gasteiger partial charge in [-0.25, -0.2) is 0 Å². The van der Waals surface area contributed by atoms with Crippen molar-refractivity contribution in [1.29, 1.82) is 5.26 Å². The lowest BCUT2D eigenvalue weighted by Crippen LogP contribution is -2.49. The van der Waals surface area contributed by atoms with Crippen molar-refractivity contribution in [2.24, 2.45) is 0 Å². The fourth-order valence-electron chi connectivity index (χ4n) is 4.46. The van der Waals surface area contributed by atoms with E-state index >= 15 is 0 Å². The largest absolute Gasteiger partial charge is 0.459 e. The summed E-state index contributed by atoms with van der Waals surface area (Å²) in [6, 6.07) is 11.7. The quantitative estimate of drug-likeness (QED) is 0.319. The Balaban J connectivity index is 1.71. The molecule has 4 rings (SSSR count). The molecule has 0 N–H and O–H groups in total. The molecule has 1 aliphatic rings. The van der Waals surface area contributed by atoms with Crippen LogP contribution in [0, 0.1) is 11.3 Å². The molecular formula is C25H28IN5O3. The van der Waals surface area contributed by atoms with Gasteiger partial charge >= 0.3 is 0 Å². The number of halogens is 1. The van der Waals surface area contributed by atoms with Gasteiger partial charge in [-0.05, 0) is 56.9 Å². The summed E-state index contributed by atoms with van der Waals surface area (Å²) in [5.41, 5.74) is 2.60. The van der Waals surface area contributed by atoms with Crippen LogP contribution in [0.5, 0.6) is 0 Å². The molecular weight excluding hydrogens is 545 g/mol. The summed E-state index contributed by atoms with van der Waals surface area (Å²) in [7, 11) is 4.02. The van der Waals surface area contributed by atoms with Crippen molar-refractivity contribution in [3.8, 4) is 6.07 Å². The molecule has 1 amide bonds. The predicted molar refractivity (Wildman–Crippen MR) is 141 cm³/mol. The Morgan fingerprint density at radius 3 is 2.59 bits per heavy atom. The van der Waals surface area contributed by atoms with E-state index in [-0.39, 0.29) is 17.0 Å². The molecule has 0 saturated carbocycles. The summed E-state index contributed by atoms with van der Waals surface area (Å²) < 4.78 is 7.84. The number of anilines is 1. The lowest BCUT2D eigenvalue weighted by atomic mass is 10.0. The third-order valence-corrected chi connectivity index (χ3v) is 7.05. The fraction of sp³-hybridized carbons (Fsp3) is 0.400. The normalized spacial score (nSPS) is 14.1. The number of benzene rings is 1. The highest BCUT2D eigenvalue weighted by atomic mass is 127. The maximum atomic E-state index is 13.5. The average molecular weight is 573 g/mol. The number of rotatable bonds is 7. The SMILES string of the molecule is CN(C)CCCn1c(=O)c(C#N)c(N2CCN(C(=O)c3ccco3)CC2)c2cc(CI)ccc21. The maximum Gasteiger partial charge on any atom is 0.289 e. The maximum absolute atomic E-state index is 13.5. The molecule has 3 heterocycles. The Morgan fingerprint density at radius 2 is 1.97 bits per heavy atom. The summed E-state index contributed by atoms with van der Waals surface area (Å²) >= 11 is 2.32. The Hall–Kier alpha value is -2.84. The molecule has 0 unspecified atom stereocenters. The van der Waals surface area contributed by atoms with Gasteiger partial charge in [-0.2, -0.15) is 5.26 Å². The van der Waals surface area contributed by atoms with Gasteiger partial charge in [-0.3, -0.25) is 9.59 Å². The Morgan fingerprint density at radius 1 is 1.21 bits per heavy atom. The summed E-state index contributed by atoms with van der Waals surface area (Å²) in [5.74, 6) is 0.183. The van der Waals surface area contributed by atoms with Crippen LogP contribution in [0.2, 0.25) is 0 Å². The zero-order chi connectivity index (χ0) is 24.2. The number of aryl methyl sites for hydroxylation is 1. The number of furan rings is 1. The number of hydrogen-bond donors (Lipinski definition) is 0. The third kappa shape index (κ3) is 4.83. The highest BCUT2D eigenvalue weighted by Gasteiger charge is 2.28. The van der Waals surface area contributed by atoms with Gasteiger partial charge in [-0.15, -0.1) is 0 Å². The van der Waals surface area contributed by atoms with Gasteiger partial charge in [0.15, 0.2) is 5.76 Å². The second kappa shape index (κ2) is 10.6.